The fourth-order valence-corrected chi connectivity index (χ4v) is 2.20. The molecule has 0 aromatic heterocycles. The van der Waals surface area contributed by atoms with Crippen molar-refractivity contribution < 1.29 is 14.6 Å². The smallest absolute Gasteiger partial charge is 0.322 e. The van der Waals surface area contributed by atoms with Crippen LogP contribution in [0.25, 0.3) is 0 Å². The Bertz CT molecular complexity index is 435. The topological polar surface area (TPSA) is 58.6 Å². The molecule has 1 rings (SSSR count). The van der Waals surface area contributed by atoms with Gasteiger partial charge in [-0.15, -0.1) is 0 Å². The van der Waals surface area contributed by atoms with Crippen molar-refractivity contribution in [2.45, 2.75) is 32.9 Å². The van der Waals surface area contributed by atoms with Gasteiger partial charge < -0.3 is 15.2 Å². The molecule has 19 heavy (non-hydrogen) atoms. The van der Waals surface area contributed by atoms with Crippen LogP contribution in [-0.2, 0) is 16.1 Å². The van der Waals surface area contributed by atoms with E-state index in [1.54, 1.807) is 6.07 Å². The van der Waals surface area contributed by atoms with E-state index in [1.807, 2.05) is 12.1 Å². The van der Waals surface area contributed by atoms with Crippen molar-refractivity contribution in [2.75, 3.05) is 7.11 Å². The first-order valence-electron chi connectivity index (χ1n) is 6.22. The van der Waals surface area contributed by atoms with Gasteiger partial charge in [0.1, 0.15) is 11.8 Å². The van der Waals surface area contributed by atoms with Gasteiger partial charge in [0, 0.05) is 6.54 Å². The molecule has 0 aliphatic rings. The number of ether oxygens (including phenoxy) is 1. The van der Waals surface area contributed by atoms with Crippen molar-refractivity contribution >= 4 is 21.9 Å². The maximum absolute atomic E-state index is 11.7. The van der Waals surface area contributed by atoms with Crippen LogP contribution in [0.15, 0.2) is 22.7 Å². The molecule has 0 aliphatic carbocycles. The summed E-state index contributed by atoms with van der Waals surface area (Å²) in [5.41, 5.74) is 0.988. The number of phenols is 1. The number of hydrogen-bond acceptors (Lipinski definition) is 4. The number of rotatable bonds is 6. The Hall–Kier alpha value is -1.07. The fourth-order valence-electron chi connectivity index (χ4n) is 1.78. The normalized spacial score (nSPS) is 12.5. The summed E-state index contributed by atoms with van der Waals surface area (Å²) in [6, 6.07) is 4.96. The molecule has 0 bridgehead atoms. The molecule has 0 saturated heterocycles. The molecular weight excluding hydrogens is 310 g/mol. The van der Waals surface area contributed by atoms with Gasteiger partial charge in [-0.05, 0) is 46.0 Å². The predicted molar refractivity (Wildman–Crippen MR) is 77.9 cm³/mol. The molecular formula is C14H20BrNO3. The van der Waals surface area contributed by atoms with E-state index in [-0.39, 0.29) is 17.8 Å². The van der Waals surface area contributed by atoms with Crippen LogP contribution in [-0.4, -0.2) is 24.2 Å². The van der Waals surface area contributed by atoms with E-state index in [4.69, 9.17) is 4.74 Å². The van der Waals surface area contributed by atoms with E-state index < -0.39 is 0 Å². The number of esters is 1. The maximum Gasteiger partial charge on any atom is 0.322 e. The highest BCUT2D eigenvalue weighted by Gasteiger charge is 2.19. The Kier molecular flexibility index (Phi) is 6.31. The number of halogens is 1. The lowest BCUT2D eigenvalue weighted by atomic mass is 10.0. The second-order valence-electron chi connectivity index (χ2n) is 4.87. The van der Waals surface area contributed by atoms with Gasteiger partial charge >= 0.3 is 5.97 Å². The quantitative estimate of drug-likeness (QED) is 0.788. The van der Waals surface area contributed by atoms with Gasteiger partial charge in [-0.3, -0.25) is 4.79 Å². The second kappa shape index (κ2) is 7.50. The summed E-state index contributed by atoms with van der Waals surface area (Å²) in [6.07, 6.45) is 0.728. The summed E-state index contributed by atoms with van der Waals surface area (Å²) in [4.78, 5) is 11.7. The number of phenolic OH excluding ortho intramolecular Hbond substituents is 1. The molecule has 0 spiro atoms. The summed E-state index contributed by atoms with van der Waals surface area (Å²) in [7, 11) is 1.40. The zero-order valence-corrected chi connectivity index (χ0v) is 13.0. The maximum atomic E-state index is 11.7. The molecule has 1 unspecified atom stereocenters. The molecule has 2 N–H and O–H groups in total. The lowest BCUT2D eigenvalue weighted by Crippen LogP contribution is -2.38. The summed E-state index contributed by atoms with van der Waals surface area (Å²) in [5.74, 6) is 0.366. The first-order valence-corrected chi connectivity index (χ1v) is 7.02. The third kappa shape index (κ3) is 5.20. The molecule has 1 aromatic carbocycles. The standard InChI is InChI=1S/C14H20BrNO3/c1-9(2)6-12(14(18)19-3)16-8-10-4-5-13(17)11(15)7-10/h4-5,7,9,12,16-17H,6,8H2,1-3H3. The van der Waals surface area contributed by atoms with Crippen LogP contribution in [0.5, 0.6) is 5.75 Å². The predicted octanol–water partition coefficient (Wildman–Crippen LogP) is 2.83. The lowest BCUT2D eigenvalue weighted by molar-refractivity contribution is -0.143. The summed E-state index contributed by atoms with van der Waals surface area (Å²) < 4.78 is 5.44. The Morgan fingerprint density at radius 1 is 1.47 bits per heavy atom. The summed E-state index contributed by atoms with van der Waals surface area (Å²) in [6.45, 7) is 4.68. The zero-order chi connectivity index (χ0) is 14.4. The number of methoxy groups -OCH3 is 1. The van der Waals surface area contributed by atoms with E-state index >= 15 is 0 Å². The minimum absolute atomic E-state index is 0.204. The molecule has 0 radical (unpaired) electrons. The zero-order valence-electron chi connectivity index (χ0n) is 11.4. The Labute approximate surface area is 122 Å². The number of carbonyl (C=O) groups is 1. The molecule has 4 nitrogen and oxygen atoms in total. The van der Waals surface area contributed by atoms with E-state index in [1.165, 1.54) is 7.11 Å². The summed E-state index contributed by atoms with van der Waals surface area (Å²) >= 11 is 3.27. The van der Waals surface area contributed by atoms with E-state index in [0.29, 0.717) is 16.9 Å². The van der Waals surface area contributed by atoms with Crippen LogP contribution in [0.3, 0.4) is 0 Å². The molecule has 0 aliphatic heterocycles. The van der Waals surface area contributed by atoms with Crippen molar-refractivity contribution in [3.63, 3.8) is 0 Å². The van der Waals surface area contributed by atoms with Gasteiger partial charge in [0.2, 0.25) is 0 Å². The van der Waals surface area contributed by atoms with Gasteiger partial charge in [-0.2, -0.15) is 0 Å². The molecule has 0 fully saturated rings. The number of benzene rings is 1. The highest BCUT2D eigenvalue weighted by molar-refractivity contribution is 9.10. The largest absolute Gasteiger partial charge is 0.507 e. The van der Waals surface area contributed by atoms with Crippen LogP contribution in [0.4, 0.5) is 0 Å². The number of aromatic hydroxyl groups is 1. The second-order valence-corrected chi connectivity index (χ2v) is 5.73. The Balaban J connectivity index is 2.64. The molecule has 1 atom stereocenters. The van der Waals surface area contributed by atoms with Crippen LogP contribution in [0.1, 0.15) is 25.8 Å². The SMILES string of the molecule is COC(=O)C(CC(C)C)NCc1ccc(O)c(Br)c1. The average molecular weight is 330 g/mol. The number of carbonyl (C=O) groups excluding carboxylic acids is 1. The average Bonchev–Trinajstić information content (AvgIpc) is 2.37. The molecule has 106 valence electrons. The molecule has 1 aromatic rings. The van der Waals surface area contributed by atoms with Crippen molar-refractivity contribution in [2.24, 2.45) is 5.92 Å². The van der Waals surface area contributed by atoms with Gasteiger partial charge in [-0.1, -0.05) is 19.9 Å². The third-order valence-electron chi connectivity index (χ3n) is 2.76. The number of nitrogens with one attached hydrogen (secondary N) is 1. The van der Waals surface area contributed by atoms with Crippen LogP contribution >= 0.6 is 15.9 Å². The minimum atomic E-state index is -0.308. The Morgan fingerprint density at radius 3 is 2.68 bits per heavy atom. The lowest BCUT2D eigenvalue weighted by Gasteiger charge is -2.18. The van der Waals surface area contributed by atoms with Crippen molar-refractivity contribution in [1.29, 1.82) is 0 Å². The van der Waals surface area contributed by atoms with Crippen molar-refractivity contribution in [1.82, 2.24) is 5.32 Å². The molecule has 0 saturated carbocycles. The fraction of sp³-hybridized carbons (Fsp3) is 0.500. The van der Waals surface area contributed by atoms with Gasteiger partial charge in [0.05, 0.1) is 11.6 Å². The van der Waals surface area contributed by atoms with Crippen LogP contribution < -0.4 is 5.32 Å². The highest BCUT2D eigenvalue weighted by Crippen LogP contribution is 2.24. The molecule has 5 heteroatoms. The van der Waals surface area contributed by atoms with E-state index in [9.17, 15) is 9.90 Å². The van der Waals surface area contributed by atoms with Crippen LogP contribution in [0, 0.1) is 5.92 Å². The first-order chi connectivity index (χ1) is 8.93. The number of hydrogen-bond donors (Lipinski definition) is 2. The van der Waals surface area contributed by atoms with Gasteiger partial charge in [0.15, 0.2) is 0 Å². The monoisotopic (exact) mass is 329 g/mol. The minimum Gasteiger partial charge on any atom is -0.507 e. The van der Waals surface area contributed by atoms with E-state index in [0.717, 1.165) is 12.0 Å². The van der Waals surface area contributed by atoms with Crippen molar-refractivity contribution in [3.05, 3.63) is 28.2 Å². The molecule has 0 heterocycles. The third-order valence-corrected chi connectivity index (χ3v) is 3.39. The molecule has 0 amide bonds. The Morgan fingerprint density at radius 2 is 2.16 bits per heavy atom. The van der Waals surface area contributed by atoms with Gasteiger partial charge in [0.25, 0.3) is 0 Å². The highest BCUT2D eigenvalue weighted by atomic mass is 79.9. The van der Waals surface area contributed by atoms with Gasteiger partial charge in [-0.25, -0.2) is 0 Å². The summed E-state index contributed by atoms with van der Waals surface area (Å²) in [5, 5.41) is 12.6. The van der Waals surface area contributed by atoms with Crippen LogP contribution in [0.2, 0.25) is 0 Å². The van der Waals surface area contributed by atoms with E-state index in [2.05, 4.69) is 35.1 Å². The first kappa shape index (κ1) is 16.0. The van der Waals surface area contributed by atoms with Crippen molar-refractivity contribution in [3.8, 4) is 5.75 Å².